The summed E-state index contributed by atoms with van der Waals surface area (Å²) in [5.41, 5.74) is 4.89. The molecule has 0 aromatic heterocycles. The highest BCUT2D eigenvalue weighted by atomic mass is 16.2. The summed E-state index contributed by atoms with van der Waals surface area (Å²) in [5.74, 6) is 2.14. The van der Waals surface area contributed by atoms with Gasteiger partial charge in [0, 0.05) is 31.5 Å². The molecule has 2 aromatic carbocycles. The molecule has 27 heavy (non-hydrogen) atoms. The maximum Gasteiger partial charge on any atom is 0.251 e. The molecule has 0 saturated heterocycles. The van der Waals surface area contributed by atoms with Gasteiger partial charge >= 0.3 is 0 Å². The van der Waals surface area contributed by atoms with Crippen LogP contribution < -0.4 is 10.6 Å². The average molecular weight is 362 g/mol. The van der Waals surface area contributed by atoms with Crippen LogP contribution in [0, 0.1) is 19.3 Å². The first kappa shape index (κ1) is 20.3. The Morgan fingerprint density at radius 2 is 1.93 bits per heavy atom. The van der Waals surface area contributed by atoms with E-state index < -0.39 is 6.04 Å². The zero-order valence-electron chi connectivity index (χ0n) is 16.1. The summed E-state index contributed by atoms with van der Waals surface area (Å²) in [6.07, 6.45) is 6.80. The number of rotatable bonds is 7. The molecule has 0 saturated carbocycles. The van der Waals surface area contributed by atoms with E-state index in [0.29, 0.717) is 12.0 Å². The second kappa shape index (κ2) is 9.59. The lowest BCUT2D eigenvalue weighted by atomic mass is 9.97. The third-order valence-electron chi connectivity index (χ3n) is 4.42. The van der Waals surface area contributed by atoms with Gasteiger partial charge in [-0.3, -0.25) is 9.59 Å². The van der Waals surface area contributed by atoms with Crippen LogP contribution in [-0.2, 0) is 11.2 Å². The van der Waals surface area contributed by atoms with Gasteiger partial charge in [0.1, 0.15) is 0 Å². The van der Waals surface area contributed by atoms with Gasteiger partial charge in [-0.15, -0.1) is 12.3 Å². The number of nitrogens with one attached hydrogen (secondary N) is 2. The van der Waals surface area contributed by atoms with Gasteiger partial charge in [0.15, 0.2) is 0 Å². The number of carbonyl (C=O) groups is 2. The van der Waals surface area contributed by atoms with Gasteiger partial charge < -0.3 is 10.6 Å². The molecule has 0 aliphatic carbocycles. The van der Waals surface area contributed by atoms with Gasteiger partial charge in [-0.05, 0) is 47.7 Å². The molecule has 0 unspecified atom stereocenters. The number of terminal acetylenes is 1. The van der Waals surface area contributed by atoms with Crippen molar-refractivity contribution in [2.45, 2.75) is 39.2 Å². The Morgan fingerprint density at radius 3 is 2.59 bits per heavy atom. The molecule has 4 heteroatoms. The first-order chi connectivity index (χ1) is 13.0. The van der Waals surface area contributed by atoms with Gasteiger partial charge in [0.25, 0.3) is 5.91 Å². The lowest BCUT2D eigenvalue weighted by Crippen LogP contribution is -2.38. The molecule has 0 bridgehead atoms. The molecule has 2 rings (SSSR count). The summed E-state index contributed by atoms with van der Waals surface area (Å²) in [7, 11) is 1.56. The second-order valence-corrected chi connectivity index (χ2v) is 6.60. The van der Waals surface area contributed by atoms with Gasteiger partial charge in [-0.2, -0.15) is 0 Å². The Hall–Kier alpha value is -3.06. The summed E-state index contributed by atoms with van der Waals surface area (Å²) in [6, 6.07) is 13.7. The Morgan fingerprint density at radius 1 is 1.15 bits per heavy atom. The van der Waals surface area contributed by atoms with Crippen molar-refractivity contribution in [2.75, 3.05) is 7.05 Å². The van der Waals surface area contributed by atoms with E-state index in [-0.39, 0.29) is 18.2 Å². The molecule has 0 aliphatic rings. The third-order valence-corrected chi connectivity index (χ3v) is 4.42. The van der Waals surface area contributed by atoms with E-state index in [4.69, 9.17) is 6.42 Å². The predicted octanol–water partition coefficient (Wildman–Crippen LogP) is 3.48. The summed E-state index contributed by atoms with van der Waals surface area (Å²) in [4.78, 5) is 24.4. The quantitative estimate of drug-likeness (QED) is 0.741. The fourth-order valence-electron chi connectivity index (χ4n) is 2.96. The molecule has 2 aromatic rings. The number of hydrogen-bond acceptors (Lipinski definition) is 2. The van der Waals surface area contributed by atoms with Gasteiger partial charge in [0.05, 0.1) is 0 Å². The van der Waals surface area contributed by atoms with Crippen LogP contribution in [-0.4, -0.2) is 24.9 Å². The van der Waals surface area contributed by atoms with Crippen LogP contribution in [0.3, 0.4) is 0 Å². The number of amides is 2. The highest BCUT2D eigenvalue weighted by Crippen LogP contribution is 2.24. The molecule has 0 aliphatic heterocycles. The van der Waals surface area contributed by atoms with Crippen molar-refractivity contribution in [1.29, 1.82) is 0 Å². The molecule has 4 nitrogen and oxygen atoms in total. The van der Waals surface area contributed by atoms with Crippen molar-refractivity contribution < 1.29 is 9.59 Å². The zero-order valence-corrected chi connectivity index (χ0v) is 16.1. The van der Waals surface area contributed by atoms with Gasteiger partial charge in [0.2, 0.25) is 5.91 Å². The van der Waals surface area contributed by atoms with Crippen LogP contribution in [0.4, 0.5) is 0 Å². The number of aryl methyl sites for hydroxylation is 2. The standard InChI is InChI=1S/C23H26N2O2/c1-5-8-21(15-22(26)24-4)25-23(27)20-12-16(3)11-19(14-20)18-10-7-9-17(6-2)13-18/h1,7,9-14,21H,6,8,15H2,2-4H3,(H,24,26)(H,25,27)/t21-/m1/s1. The summed E-state index contributed by atoms with van der Waals surface area (Å²) < 4.78 is 0. The van der Waals surface area contributed by atoms with E-state index >= 15 is 0 Å². The number of hydrogen-bond donors (Lipinski definition) is 2. The van der Waals surface area contributed by atoms with Crippen molar-refractivity contribution in [2.24, 2.45) is 0 Å². The van der Waals surface area contributed by atoms with Gasteiger partial charge in [-0.25, -0.2) is 0 Å². The van der Waals surface area contributed by atoms with E-state index in [1.807, 2.05) is 31.2 Å². The summed E-state index contributed by atoms with van der Waals surface area (Å²) in [6.45, 7) is 4.08. The molecular weight excluding hydrogens is 336 g/mol. The lowest BCUT2D eigenvalue weighted by Gasteiger charge is -2.16. The molecule has 140 valence electrons. The monoisotopic (exact) mass is 362 g/mol. The normalized spacial score (nSPS) is 11.3. The number of carbonyl (C=O) groups excluding carboxylic acids is 2. The third kappa shape index (κ3) is 5.72. The number of benzene rings is 2. The van der Waals surface area contributed by atoms with Crippen LogP contribution in [0.15, 0.2) is 42.5 Å². The topological polar surface area (TPSA) is 58.2 Å². The Bertz CT molecular complexity index is 865. The Labute approximate surface area is 161 Å². The van der Waals surface area contributed by atoms with E-state index in [1.165, 1.54) is 5.56 Å². The second-order valence-electron chi connectivity index (χ2n) is 6.60. The van der Waals surface area contributed by atoms with Crippen LogP contribution in [0.25, 0.3) is 11.1 Å². The molecule has 0 radical (unpaired) electrons. The van der Waals surface area contributed by atoms with Crippen LogP contribution in [0.2, 0.25) is 0 Å². The van der Waals surface area contributed by atoms with Crippen molar-refractivity contribution in [1.82, 2.24) is 10.6 Å². The minimum absolute atomic E-state index is 0.156. The Balaban J connectivity index is 2.27. The predicted molar refractivity (Wildman–Crippen MR) is 109 cm³/mol. The fraction of sp³-hybridized carbons (Fsp3) is 0.304. The zero-order chi connectivity index (χ0) is 19.8. The highest BCUT2D eigenvalue weighted by molar-refractivity contribution is 5.96. The lowest BCUT2D eigenvalue weighted by molar-refractivity contribution is -0.121. The molecule has 2 N–H and O–H groups in total. The highest BCUT2D eigenvalue weighted by Gasteiger charge is 2.17. The largest absolute Gasteiger partial charge is 0.359 e. The molecule has 0 fully saturated rings. The Kier molecular flexibility index (Phi) is 7.19. The summed E-state index contributed by atoms with van der Waals surface area (Å²) >= 11 is 0. The van der Waals surface area contributed by atoms with E-state index in [2.05, 4.69) is 41.7 Å². The smallest absolute Gasteiger partial charge is 0.251 e. The first-order valence-electron chi connectivity index (χ1n) is 9.12. The average Bonchev–Trinajstić information content (AvgIpc) is 2.67. The molecule has 0 heterocycles. The molecule has 1 atom stereocenters. The van der Waals surface area contributed by atoms with Crippen molar-refractivity contribution in [3.05, 3.63) is 59.2 Å². The van der Waals surface area contributed by atoms with Crippen molar-refractivity contribution >= 4 is 11.8 Å². The fourth-order valence-corrected chi connectivity index (χ4v) is 2.96. The maximum absolute atomic E-state index is 12.7. The maximum atomic E-state index is 12.7. The van der Waals surface area contributed by atoms with Crippen LogP contribution >= 0.6 is 0 Å². The van der Waals surface area contributed by atoms with Crippen molar-refractivity contribution in [3.63, 3.8) is 0 Å². The first-order valence-corrected chi connectivity index (χ1v) is 9.12. The minimum atomic E-state index is -0.394. The SMILES string of the molecule is C#CC[C@H](CC(=O)NC)NC(=O)c1cc(C)cc(-c2cccc(CC)c2)c1. The van der Waals surface area contributed by atoms with E-state index in [0.717, 1.165) is 23.1 Å². The van der Waals surface area contributed by atoms with Crippen molar-refractivity contribution in [3.8, 4) is 23.5 Å². The van der Waals surface area contributed by atoms with E-state index in [9.17, 15) is 9.59 Å². The summed E-state index contributed by atoms with van der Waals surface area (Å²) in [5, 5.41) is 5.44. The molecular formula is C23H26N2O2. The molecule has 0 spiro atoms. The minimum Gasteiger partial charge on any atom is -0.359 e. The van der Waals surface area contributed by atoms with Gasteiger partial charge in [-0.1, -0.05) is 37.3 Å². The van der Waals surface area contributed by atoms with Crippen LogP contribution in [0.5, 0.6) is 0 Å². The molecule has 2 amide bonds. The van der Waals surface area contributed by atoms with E-state index in [1.54, 1.807) is 7.05 Å². The van der Waals surface area contributed by atoms with Crippen LogP contribution in [0.1, 0.15) is 41.3 Å².